The minimum absolute atomic E-state index is 0.0747. The third-order valence-corrected chi connectivity index (χ3v) is 1.90. The van der Waals surface area contributed by atoms with Crippen LogP contribution in [-0.4, -0.2) is 42.1 Å². The number of carbonyl (C=O) groups excluding carboxylic acids is 2. The molecule has 0 aromatic rings. The Bertz CT molecular complexity index is 298. The van der Waals surface area contributed by atoms with E-state index in [1.165, 1.54) is 26.0 Å². The van der Waals surface area contributed by atoms with Crippen LogP contribution in [0.25, 0.3) is 0 Å². The fourth-order valence-electron chi connectivity index (χ4n) is 1.27. The van der Waals surface area contributed by atoms with Crippen molar-refractivity contribution in [1.82, 2.24) is 0 Å². The normalized spacial score (nSPS) is 28.6. The average Bonchev–Trinajstić information content (AvgIpc) is 2.17. The van der Waals surface area contributed by atoms with E-state index < -0.39 is 30.4 Å². The molecule has 90 valence electrons. The molecule has 3 atom stereocenters. The number of rotatable bonds is 3. The molecule has 0 aromatic carbocycles. The van der Waals surface area contributed by atoms with E-state index in [1.54, 1.807) is 0 Å². The lowest BCUT2D eigenvalue weighted by Crippen LogP contribution is -2.41. The Labute approximate surface area is 92.8 Å². The van der Waals surface area contributed by atoms with Gasteiger partial charge in [-0.1, -0.05) is 0 Å². The van der Waals surface area contributed by atoms with Crippen LogP contribution < -0.4 is 0 Å². The standard InChI is InChI=1S/C10H14O6/c1-6(11)14-5-9-8(15-7(2)12)3-4-10(13)16-9/h3-4,8-10,13H,5H2,1-2H3/t8-,9+,10+/m0/s1. The largest absolute Gasteiger partial charge is 0.463 e. The molecule has 0 spiro atoms. The van der Waals surface area contributed by atoms with E-state index in [-0.39, 0.29) is 6.61 Å². The maximum absolute atomic E-state index is 10.8. The second-order valence-corrected chi connectivity index (χ2v) is 3.33. The number of aliphatic hydroxyl groups is 1. The molecule has 16 heavy (non-hydrogen) atoms. The van der Waals surface area contributed by atoms with Crippen LogP contribution in [-0.2, 0) is 23.8 Å². The highest BCUT2D eigenvalue weighted by Gasteiger charge is 2.29. The first-order valence-electron chi connectivity index (χ1n) is 4.81. The van der Waals surface area contributed by atoms with Gasteiger partial charge in [-0.3, -0.25) is 9.59 Å². The molecule has 1 rings (SSSR count). The van der Waals surface area contributed by atoms with Crippen molar-refractivity contribution in [2.45, 2.75) is 32.3 Å². The number of carbonyl (C=O) groups is 2. The Balaban J connectivity index is 2.58. The molecule has 0 bridgehead atoms. The molecule has 0 saturated carbocycles. The molecule has 0 aliphatic carbocycles. The summed E-state index contributed by atoms with van der Waals surface area (Å²) in [6, 6.07) is 0. The molecule has 1 N–H and O–H groups in total. The number of hydrogen-bond acceptors (Lipinski definition) is 6. The predicted molar refractivity (Wildman–Crippen MR) is 52.2 cm³/mol. The zero-order valence-corrected chi connectivity index (χ0v) is 9.08. The SMILES string of the molecule is CC(=O)OC[C@H]1O[C@@H](O)C=C[C@@H]1OC(C)=O. The zero-order chi connectivity index (χ0) is 12.1. The van der Waals surface area contributed by atoms with Gasteiger partial charge in [0, 0.05) is 13.8 Å². The van der Waals surface area contributed by atoms with Crippen molar-refractivity contribution < 1.29 is 28.9 Å². The van der Waals surface area contributed by atoms with Crippen molar-refractivity contribution in [2.24, 2.45) is 0 Å². The molecule has 1 heterocycles. The topological polar surface area (TPSA) is 82.1 Å². The maximum Gasteiger partial charge on any atom is 0.303 e. The fraction of sp³-hybridized carbons (Fsp3) is 0.600. The van der Waals surface area contributed by atoms with Crippen LogP contribution in [0.4, 0.5) is 0 Å². The van der Waals surface area contributed by atoms with E-state index in [9.17, 15) is 14.7 Å². The lowest BCUT2D eigenvalue weighted by molar-refractivity contribution is -0.183. The van der Waals surface area contributed by atoms with Crippen LogP contribution in [0, 0.1) is 0 Å². The summed E-state index contributed by atoms with van der Waals surface area (Å²) < 4.78 is 14.7. The molecule has 6 nitrogen and oxygen atoms in total. The highest BCUT2D eigenvalue weighted by atomic mass is 16.6. The first-order chi connectivity index (χ1) is 7.49. The summed E-state index contributed by atoms with van der Waals surface area (Å²) >= 11 is 0. The van der Waals surface area contributed by atoms with Crippen LogP contribution in [0.5, 0.6) is 0 Å². The molecule has 1 aliphatic heterocycles. The Kier molecular flexibility index (Phi) is 4.45. The summed E-state index contributed by atoms with van der Waals surface area (Å²) in [4.78, 5) is 21.4. The Hall–Kier alpha value is -1.40. The summed E-state index contributed by atoms with van der Waals surface area (Å²) in [6.07, 6.45) is 0.446. The summed E-state index contributed by atoms with van der Waals surface area (Å²) in [5, 5.41) is 9.21. The Morgan fingerprint density at radius 3 is 2.56 bits per heavy atom. The van der Waals surface area contributed by atoms with Crippen molar-refractivity contribution in [1.29, 1.82) is 0 Å². The van der Waals surface area contributed by atoms with Gasteiger partial charge < -0.3 is 19.3 Å². The van der Waals surface area contributed by atoms with Crippen molar-refractivity contribution in [3.63, 3.8) is 0 Å². The predicted octanol–water partition coefficient (Wildman–Crippen LogP) is -0.245. The Morgan fingerprint density at radius 2 is 2.00 bits per heavy atom. The van der Waals surface area contributed by atoms with Gasteiger partial charge in [0.1, 0.15) is 18.8 Å². The van der Waals surface area contributed by atoms with Crippen molar-refractivity contribution in [2.75, 3.05) is 6.61 Å². The highest BCUT2D eigenvalue weighted by molar-refractivity contribution is 5.66. The van der Waals surface area contributed by atoms with Gasteiger partial charge >= 0.3 is 11.9 Å². The average molecular weight is 230 g/mol. The van der Waals surface area contributed by atoms with Crippen LogP contribution in [0.2, 0.25) is 0 Å². The molecule has 0 unspecified atom stereocenters. The van der Waals surface area contributed by atoms with Gasteiger partial charge in [0.25, 0.3) is 0 Å². The molecule has 6 heteroatoms. The van der Waals surface area contributed by atoms with E-state index in [0.29, 0.717) is 0 Å². The quantitative estimate of drug-likeness (QED) is 0.532. The van der Waals surface area contributed by atoms with Crippen molar-refractivity contribution in [3.05, 3.63) is 12.2 Å². The van der Waals surface area contributed by atoms with Crippen LogP contribution in [0.15, 0.2) is 12.2 Å². The molecular formula is C10H14O6. The van der Waals surface area contributed by atoms with Gasteiger partial charge in [0.05, 0.1) is 0 Å². The van der Waals surface area contributed by atoms with Crippen LogP contribution in [0.3, 0.4) is 0 Å². The third-order valence-electron chi connectivity index (χ3n) is 1.90. The second-order valence-electron chi connectivity index (χ2n) is 3.33. The first-order valence-corrected chi connectivity index (χ1v) is 4.81. The van der Waals surface area contributed by atoms with Gasteiger partial charge in [-0.15, -0.1) is 0 Å². The summed E-state index contributed by atoms with van der Waals surface area (Å²) in [5.41, 5.74) is 0. The summed E-state index contributed by atoms with van der Waals surface area (Å²) in [6.45, 7) is 2.45. The van der Waals surface area contributed by atoms with E-state index in [2.05, 4.69) is 0 Å². The number of hydrogen-bond donors (Lipinski definition) is 1. The lowest BCUT2D eigenvalue weighted by atomic mass is 10.1. The molecule has 0 fully saturated rings. The first kappa shape index (κ1) is 12.7. The zero-order valence-electron chi connectivity index (χ0n) is 9.08. The number of ether oxygens (including phenoxy) is 3. The van der Waals surface area contributed by atoms with E-state index in [4.69, 9.17) is 14.2 Å². The number of aliphatic hydroxyl groups excluding tert-OH is 1. The Morgan fingerprint density at radius 1 is 1.31 bits per heavy atom. The van der Waals surface area contributed by atoms with Gasteiger partial charge in [-0.25, -0.2) is 0 Å². The van der Waals surface area contributed by atoms with Gasteiger partial charge in [0.15, 0.2) is 6.29 Å². The van der Waals surface area contributed by atoms with Crippen LogP contribution in [0.1, 0.15) is 13.8 Å². The van der Waals surface area contributed by atoms with E-state index in [1.807, 2.05) is 0 Å². The molecule has 0 saturated heterocycles. The third kappa shape index (κ3) is 4.00. The molecule has 0 radical (unpaired) electrons. The van der Waals surface area contributed by atoms with E-state index >= 15 is 0 Å². The molecule has 1 aliphatic rings. The van der Waals surface area contributed by atoms with Gasteiger partial charge in [0.2, 0.25) is 0 Å². The highest BCUT2D eigenvalue weighted by Crippen LogP contribution is 2.15. The van der Waals surface area contributed by atoms with Gasteiger partial charge in [-0.05, 0) is 12.2 Å². The molecule has 0 aromatic heterocycles. The minimum atomic E-state index is -1.08. The second kappa shape index (κ2) is 5.62. The number of esters is 2. The van der Waals surface area contributed by atoms with Gasteiger partial charge in [-0.2, -0.15) is 0 Å². The summed E-state index contributed by atoms with van der Waals surface area (Å²) in [7, 11) is 0. The maximum atomic E-state index is 10.8. The van der Waals surface area contributed by atoms with Crippen molar-refractivity contribution in [3.8, 4) is 0 Å². The fourth-order valence-corrected chi connectivity index (χ4v) is 1.27. The monoisotopic (exact) mass is 230 g/mol. The van der Waals surface area contributed by atoms with E-state index in [0.717, 1.165) is 0 Å². The minimum Gasteiger partial charge on any atom is -0.463 e. The lowest BCUT2D eigenvalue weighted by Gasteiger charge is -2.29. The smallest absolute Gasteiger partial charge is 0.303 e. The van der Waals surface area contributed by atoms with Crippen molar-refractivity contribution >= 4 is 11.9 Å². The summed E-state index contributed by atoms with van der Waals surface area (Å²) in [5.74, 6) is -0.934. The molecular weight excluding hydrogens is 216 g/mol. The van der Waals surface area contributed by atoms with Crippen LogP contribution >= 0.6 is 0 Å². The molecule has 0 amide bonds.